The molecule has 2 heteroatoms. The van der Waals surface area contributed by atoms with E-state index < -0.39 is 6.95 Å². The Balaban J connectivity index is 2.11. The molecule has 2 saturated carbocycles. The predicted molar refractivity (Wildman–Crippen MR) is 134 cm³/mol. The summed E-state index contributed by atoms with van der Waals surface area (Å²) in [6.45, 7) is 13.3. The first kappa shape index (κ1) is 22.8. The van der Waals surface area contributed by atoms with E-state index in [1.54, 1.807) is 5.30 Å². The van der Waals surface area contributed by atoms with E-state index in [2.05, 4.69) is 80.8 Å². The molecule has 0 aromatic heterocycles. The Morgan fingerprint density at radius 2 is 1.18 bits per heavy atom. The van der Waals surface area contributed by atoms with Gasteiger partial charge in [0.1, 0.15) is 0 Å². The molecule has 7 unspecified atom stereocenters. The van der Waals surface area contributed by atoms with Crippen molar-refractivity contribution in [3.05, 3.63) is 30.3 Å². The summed E-state index contributed by atoms with van der Waals surface area (Å²) < 4.78 is 0. The molecule has 0 bridgehead atoms. The molecular formula is C26H46P2. The molecule has 0 nitrogen and oxygen atoms in total. The summed E-state index contributed by atoms with van der Waals surface area (Å²) in [4.78, 5) is 0. The van der Waals surface area contributed by atoms with E-state index >= 15 is 0 Å². The zero-order valence-corrected chi connectivity index (χ0v) is 21.5. The molecule has 0 aliphatic heterocycles. The van der Waals surface area contributed by atoms with Gasteiger partial charge in [-0.05, 0) is 0 Å². The van der Waals surface area contributed by atoms with Crippen molar-refractivity contribution in [2.45, 2.75) is 91.4 Å². The fourth-order valence-corrected chi connectivity index (χ4v) is 16.1. The first-order valence-electron chi connectivity index (χ1n) is 12.1. The van der Waals surface area contributed by atoms with Gasteiger partial charge in [0, 0.05) is 0 Å². The van der Waals surface area contributed by atoms with Crippen molar-refractivity contribution in [3.8, 4) is 0 Å². The van der Waals surface area contributed by atoms with Crippen LogP contribution in [0, 0.1) is 35.5 Å². The number of benzene rings is 1. The van der Waals surface area contributed by atoms with Gasteiger partial charge in [-0.15, -0.1) is 0 Å². The summed E-state index contributed by atoms with van der Waals surface area (Å²) >= 11 is 0. The fourth-order valence-electron chi connectivity index (χ4n) is 6.93. The normalized spacial score (nSPS) is 35.3. The minimum absolute atomic E-state index is 0.812. The molecule has 28 heavy (non-hydrogen) atoms. The van der Waals surface area contributed by atoms with Gasteiger partial charge in [-0.2, -0.15) is 0 Å². The van der Waals surface area contributed by atoms with Gasteiger partial charge in [-0.25, -0.2) is 0 Å². The van der Waals surface area contributed by atoms with E-state index in [-0.39, 0.29) is 0 Å². The Bertz CT molecular complexity index is 576. The zero-order chi connectivity index (χ0) is 20.5. The molecule has 3 rings (SSSR count). The van der Waals surface area contributed by atoms with Crippen LogP contribution in [0.25, 0.3) is 0 Å². The molecule has 0 amide bonds. The van der Waals surface area contributed by atoms with E-state index in [4.69, 9.17) is 0 Å². The fraction of sp³-hybridized carbons (Fsp3) is 0.769. The maximum absolute atomic E-state index is 3.67. The van der Waals surface area contributed by atoms with Gasteiger partial charge in [0.25, 0.3) is 0 Å². The molecule has 160 valence electrons. The molecule has 0 spiro atoms. The third-order valence-corrected chi connectivity index (χ3v) is 17.2. The van der Waals surface area contributed by atoms with Crippen LogP contribution < -0.4 is 5.30 Å². The van der Waals surface area contributed by atoms with E-state index in [9.17, 15) is 0 Å². The summed E-state index contributed by atoms with van der Waals surface area (Å²) in [7, 11) is 3.67. The van der Waals surface area contributed by atoms with Crippen LogP contribution in [0.5, 0.6) is 0 Å². The third-order valence-electron chi connectivity index (χ3n) is 8.55. The third kappa shape index (κ3) is 4.54. The van der Waals surface area contributed by atoms with E-state index in [1.807, 2.05) is 0 Å². The monoisotopic (exact) mass is 420 g/mol. The van der Waals surface area contributed by atoms with Crippen LogP contribution >= 0.6 is 15.9 Å². The van der Waals surface area contributed by atoms with Gasteiger partial charge < -0.3 is 0 Å². The van der Waals surface area contributed by atoms with Crippen molar-refractivity contribution in [1.82, 2.24) is 0 Å². The van der Waals surface area contributed by atoms with Crippen molar-refractivity contribution >= 4 is 21.2 Å². The zero-order valence-electron chi connectivity index (χ0n) is 19.3. The second-order valence-electron chi connectivity index (χ2n) is 11.2. The second-order valence-corrected chi connectivity index (χ2v) is 18.0. The summed E-state index contributed by atoms with van der Waals surface area (Å²) in [5, 5.41) is 1.73. The maximum atomic E-state index is 3.67. The van der Waals surface area contributed by atoms with Crippen LogP contribution in [-0.4, -0.2) is 11.3 Å². The average molecular weight is 421 g/mol. The molecule has 0 saturated heterocycles. The first-order chi connectivity index (χ1) is 13.2. The summed E-state index contributed by atoms with van der Waals surface area (Å²) in [6, 6.07) is 11.9. The Morgan fingerprint density at radius 3 is 1.57 bits per heavy atom. The van der Waals surface area contributed by atoms with Gasteiger partial charge in [-0.3, -0.25) is 0 Å². The van der Waals surface area contributed by atoms with E-state index in [0.29, 0.717) is 0 Å². The molecule has 0 radical (unpaired) electrons. The average Bonchev–Trinajstić information content (AvgIpc) is 2.67. The first-order valence-corrected chi connectivity index (χ1v) is 16.1. The SMILES string of the molecule is CC1CCC(C(C)C)C([PH](P)(c2ccccc2)C2CC(C)CCC2C(C)C)C1. The molecule has 1 aromatic carbocycles. The van der Waals surface area contributed by atoms with Gasteiger partial charge in [0.05, 0.1) is 0 Å². The standard InChI is InChI=1S/C26H46P2/c1-18(2)23-14-12-20(5)16-25(23)28(27,22-10-8-7-9-11-22)26-17-21(6)13-15-24(26)19(3)4/h7-11,18-21,23-26,28H,12-17,27H2,1-6H3. The number of hydrogen-bond acceptors (Lipinski definition) is 0. The molecule has 2 aliphatic rings. The van der Waals surface area contributed by atoms with Crippen LogP contribution in [0.4, 0.5) is 0 Å². The molecule has 1 aromatic rings. The molecule has 0 heterocycles. The van der Waals surface area contributed by atoms with Gasteiger partial charge in [0.15, 0.2) is 0 Å². The van der Waals surface area contributed by atoms with Crippen LogP contribution in [-0.2, 0) is 0 Å². The Hall–Kier alpha value is 0.0800. The van der Waals surface area contributed by atoms with Crippen molar-refractivity contribution in [2.75, 3.05) is 0 Å². The van der Waals surface area contributed by atoms with Gasteiger partial charge >= 0.3 is 178 Å². The van der Waals surface area contributed by atoms with Crippen molar-refractivity contribution in [3.63, 3.8) is 0 Å². The summed E-state index contributed by atoms with van der Waals surface area (Å²) in [5.41, 5.74) is 1.83. The summed E-state index contributed by atoms with van der Waals surface area (Å²) in [6.07, 6.45) is 8.71. The van der Waals surface area contributed by atoms with Gasteiger partial charge in [0.2, 0.25) is 0 Å². The topological polar surface area (TPSA) is 0 Å². The minimum atomic E-state index is -1.74. The number of hydrogen-bond donors (Lipinski definition) is 0. The van der Waals surface area contributed by atoms with Crippen molar-refractivity contribution in [2.24, 2.45) is 35.5 Å². The molecule has 2 fully saturated rings. The van der Waals surface area contributed by atoms with Crippen molar-refractivity contribution < 1.29 is 0 Å². The second kappa shape index (κ2) is 9.48. The Morgan fingerprint density at radius 1 is 0.750 bits per heavy atom. The van der Waals surface area contributed by atoms with Crippen LogP contribution in [0.1, 0.15) is 80.1 Å². The van der Waals surface area contributed by atoms with Crippen LogP contribution in [0.3, 0.4) is 0 Å². The predicted octanol–water partition coefficient (Wildman–Crippen LogP) is 7.77. The van der Waals surface area contributed by atoms with Gasteiger partial charge in [-0.1, -0.05) is 0 Å². The molecule has 7 atom stereocenters. The van der Waals surface area contributed by atoms with E-state index in [1.165, 1.54) is 38.5 Å². The van der Waals surface area contributed by atoms with Crippen LogP contribution in [0.15, 0.2) is 30.3 Å². The Labute approximate surface area is 178 Å². The molecular weight excluding hydrogens is 374 g/mol. The number of rotatable bonds is 5. The van der Waals surface area contributed by atoms with E-state index in [0.717, 1.165) is 46.8 Å². The Kier molecular flexibility index (Phi) is 7.70. The molecule has 0 N–H and O–H groups in total. The summed E-state index contributed by atoms with van der Waals surface area (Å²) in [5.74, 6) is 5.24. The van der Waals surface area contributed by atoms with Crippen LogP contribution in [0.2, 0.25) is 0 Å². The quantitative estimate of drug-likeness (QED) is 0.427. The molecule has 2 aliphatic carbocycles. The van der Waals surface area contributed by atoms with Crippen molar-refractivity contribution in [1.29, 1.82) is 0 Å².